The van der Waals surface area contributed by atoms with Gasteiger partial charge in [0.15, 0.2) is 5.58 Å². The van der Waals surface area contributed by atoms with Gasteiger partial charge in [0, 0.05) is 17.3 Å². The van der Waals surface area contributed by atoms with Crippen LogP contribution < -0.4 is 5.73 Å². The highest BCUT2D eigenvalue weighted by molar-refractivity contribution is 5.77. The molecule has 1 fully saturated rings. The number of rotatable bonds is 1. The Kier molecular flexibility index (Phi) is 2.21. The van der Waals surface area contributed by atoms with Gasteiger partial charge < -0.3 is 10.2 Å². The maximum absolute atomic E-state index is 6.49. The van der Waals surface area contributed by atoms with E-state index in [1.807, 2.05) is 12.1 Å². The molecule has 16 heavy (non-hydrogen) atoms. The number of hydrogen-bond acceptors (Lipinski definition) is 3. The molecule has 2 N–H and O–H groups in total. The molecule has 0 aromatic carbocycles. The average Bonchev–Trinajstić information content (AvgIpc) is 2.74. The molecule has 0 atom stereocenters. The summed E-state index contributed by atoms with van der Waals surface area (Å²) in [6.45, 7) is 0. The molecule has 0 spiro atoms. The number of fused-ring (bicyclic) bond motifs is 1. The first-order valence-electron chi connectivity index (χ1n) is 5.91. The third-order valence-corrected chi connectivity index (χ3v) is 3.61. The molecule has 3 heteroatoms. The second-order valence-electron chi connectivity index (χ2n) is 4.72. The minimum atomic E-state index is -0.224. The quantitative estimate of drug-likeness (QED) is 0.797. The fourth-order valence-corrected chi connectivity index (χ4v) is 2.67. The summed E-state index contributed by atoms with van der Waals surface area (Å²) in [5, 5.41) is 0. The highest BCUT2D eigenvalue weighted by atomic mass is 16.3. The Morgan fingerprint density at radius 1 is 1.25 bits per heavy atom. The average molecular weight is 216 g/mol. The van der Waals surface area contributed by atoms with Crippen molar-refractivity contribution in [3.8, 4) is 0 Å². The molecule has 2 aromatic heterocycles. The SMILES string of the molecule is NC1(c2coc3cccnc23)CCCCC1. The minimum Gasteiger partial charge on any atom is -0.462 e. The van der Waals surface area contributed by atoms with Crippen LogP contribution in [0.25, 0.3) is 11.1 Å². The van der Waals surface area contributed by atoms with E-state index in [4.69, 9.17) is 10.2 Å². The molecular formula is C13H16N2O. The van der Waals surface area contributed by atoms with Crippen molar-refractivity contribution in [2.24, 2.45) is 5.73 Å². The van der Waals surface area contributed by atoms with Crippen molar-refractivity contribution in [3.63, 3.8) is 0 Å². The fourth-order valence-electron chi connectivity index (χ4n) is 2.67. The second-order valence-corrected chi connectivity index (χ2v) is 4.72. The van der Waals surface area contributed by atoms with Crippen molar-refractivity contribution in [1.82, 2.24) is 4.98 Å². The Labute approximate surface area is 94.7 Å². The van der Waals surface area contributed by atoms with Crippen molar-refractivity contribution in [2.45, 2.75) is 37.6 Å². The summed E-state index contributed by atoms with van der Waals surface area (Å²) in [5.41, 5.74) is 9.13. The number of nitrogens with zero attached hydrogens (tertiary/aromatic N) is 1. The van der Waals surface area contributed by atoms with E-state index in [0.717, 1.165) is 29.5 Å². The Balaban J connectivity index is 2.11. The van der Waals surface area contributed by atoms with Crippen LogP contribution in [0.1, 0.15) is 37.7 Å². The zero-order chi connectivity index (χ0) is 11.0. The summed E-state index contributed by atoms with van der Waals surface area (Å²) in [7, 11) is 0. The van der Waals surface area contributed by atoms with Crippen LogP contribution in [0, 0.1) is 0 Å². The molecular weight excluding hydrogens is 200 g/mol. The van der Waals surface area contributed by atoms with Gasteiger partial charge in [0.25, 0.3) is 0 Å². The van der Waals surface area contributed by atoms with Crippen LogP contribution in [-0.4, -0.2) is 4.98 Å². The predicted molar refractivity (Wildman–Crippen MR) is 63.0 cm³/mol. The van der Waals surface area contributed by atoms with Crippen molar-refractivity contribution in [3.05, 3.63) is 30.2 Å². The molecule has 1 aliphatic rings. The number of nitrogens with two attached hydrogens (primary N) is 1. The lowest BCUT2D eigenvalue weighted by molar-refractivity contribution is 0.301. The summed E-state index contributed by atoms with van der Waals surface area (Å²) in [6, 6.07) is 3.83. The van der Waals surface area contributed by atoms with E-state index >= 15 is 0 Å². The van der Waals surface area contributed by atoms with Gasteiger partial charge in [0.05, 0.1) is 6.26 Å². The van der Waals surface area contributed by atoms with E-state index in [9.17, 15) is 0 Å². The molecule has 0 amide bonds. The maximum Gasteiger partial charge on any atom is 0.152 e. The Morgan fingerprint density at radius 3 is 2.88 bits per heavy atom. The van der Waals surface area contributed by atoms with Gasteiger partial charge in [-0.05, 0) is 25.0 Å². The number of aromatic nitrogens is 1. The lowest BCUT2D eigenvalue weighted by Crippen LogP contribution is -2.38. The normalized spacial score (nSPS) is 20.1. The third kappa shape index (κ3) is 1.43. The van der Waals surface area contributed by atoms with Crippen molar-refractivity contribution >= 4 is 11.1 Å². The summed E-state index contributed by atoms with van der Waals surface area (Å²) in [6.07, 6.45) is 9.38. The summed E-state index contributed by atoms with van der Waals surface area (Å²) in [4.78, 5) is 4.39. The van der Waals surface area contributed by atoms with Gasteiger partial charge >= 0.3 is 0 Å². The standard InChI is InChI=1S/C13H16N2O/c14-13(6-2-1-3-7-13)10-9-16-11-5-4-8-15-12(10)11/h4-5,8-9H,1-3,6-7,14H2. The largest absolute Gasteiger partial charge is 0.462 e. The van der Waals surface area contributed by atoms with Gasteiger partial charge in [0.1, 0.15) is 5.52 Å². The first kappa shape index (κ1) is 9.85. The monoisotopic (exact) mass is 216 g/mol. The first-order chi connectivity index (χ1) is 7.80. The van der Waals surface area contributed by atoms with Crippen LogP contribution in [0.15, 0.2) is 29.0 Å². The molecule has 84 valence electrons. The van der Waals surface area contributed by atoms with Gasteiger partial charge in [-0.15, -0.1) is 0 Å². The van der Waals surface area contributed by atoms with Crippen molar-refractivity contribution < 1.29 is 4.42 Å². The third-order valence-electron chi connectivity index (χ3n) is 3.61. The lowest BCUT2D eigenvalue weighted by Gasteiger charge is -2.32. The molecule has 0 aliphatic heterocycles. The summed E-state index contributed by atoms with van der Waals surface area (Å²) >= 11 is 0. The number of pyridine rings is 1. The van der Waals surface area contributed by atoms with Gasteiger partial charge in [-0.25, -0.2) is 0 Å². The van der Waals surface area contributed by atoms with Crippen LogP contribution in [0.5, 0.6) is 0 Å². The highest BCUT2D eigenvalue weighted by Crippen LogP contribution is 2.38. The fraction of sp³-hybridized carbons (Fsp3) is 0.462. The van der Waals surface area contributed by atoms with Crippen molar-refractivity contribution in [1.29, 1.82) is 0 Å². The van der Waals surface area contributed by atoms with Gasteiger partial charge in [-0.2, -0.15) is 0 Å². The molecule has 3 nitrogen and oxygen atoms in total. The van der Waals surface area contributed by atoms with E-state index in [-0.39, 0.29) is 5.54 Å². The van der Waals surface area contributed by atoms with Gasteiger partial charge in [-0.1, -0.05) is 19.3 Å². The van der Waals surface area contributed by atoms with Crippen LogP contribution in [-0.2, 0) is 5.54 Å². The van der Waals surface area contributed by atoms with E-state index in [1.165, 1.54) is 19.3 Å². The summed E-state index contributed by atoms with van der Waals surface area (Å²) < 4.78 is 5.52. The van der Waals surface area contributed by atoms with Gasteiger partial charge in [0.2, 0.25) is 0 Å². The second kappa shape index (κ2) is 3.59. The molecule has 0 bridgehead atoms. The molecule has 2 aromatic rings. The lowest BCUT2D eigenvalue weighted by atomic mass is 9.78. The summed E-state index contributed by atoms with van der Waals surface area (Å²) in [5.74, 6) is 0. The smallest absolute Gasteiger partial charge is 0.152 e. The molecule has 0 radical (unpaired) electrons. The van der Waals surface area contributed by atoms with Crippen LogP contribution >= 0.6 is 0 Å². The molecule has 1 saturated carbocycles. The van der Waals surface area contributed by atoms with Gasteiger partial charge in [-0.3, -0.25) is 4.98 Å². The van der Waals surface area contributed by atoms with Crippen LogP contribution in [0.4, 0.5) is 0 Å². The van der Waals surface area contributed by atoms with Crippen LogP contribution in [0.2, 0.25) is 0 Å². The number of hydrogen-bond donors (Lipinski definition) is 1. The molecule has 2 heterocycles. The molecule has 0 saturated heterocycles. The number of furan rings is 1. The minimum absolute atomic E-state index is 0.224. The zero-order valence-corrected chi connectivity index (χ0v) is 9.28. The Bertz CT molecular complexity index is 497. The molecule has 3 rings (SSSR count). The predicted octanol–water partition coefficient (Wildman–Crippen LogP) is 2.95. The van der Waals surface area contributed by atoms with E-state index in [2.05, 4.69) is 4.98 Å². The van der Waals surface area contributed by atoms with E-state index in [1.54, 1.807) is 12.5 Å². The topological polar surface area (TPSA) is 52.0 Å². The zero-order valence-electron chi connectivity index (χ0n) is 9.28. The Morgan fingerprint density at radius 2 is 2.06 bits per heavy atom. The first-order valence-corrected chi connectivity index (χ1v) is 5.91. The van der Waals surface area contributed by atoms with E-state index < -0.39 is 0 Å². The van der Waals surface area contributed by atoms with E-state index in [0.29, 0.717) is 0 Å². The maximum atomic E-state index is 6.49. The van der Waals surface area contributed by atoms with Crippen molar-refractivity contribution in [2.75, 3.05) is 0 Å². The Hall–Kier alpha value is -1.35. The highest BCUT2D eigenvalue weighted by Gasteiger charge is 2.32. The molecule has 0 unspecified atom stereocenters. The molecule has 1 aliphatic carbocycles. The van der Waals surface area contributed by atoms with Crippen LogP contribution in [0.3, 0.4) is 0 Å².